The average molecular weight is 462 g/mol. The van der Waals surface area contributed by atoms with Gasteiger partial charge >= 0.3 is 5.91 Å². The van der Waals surface area contributed by atoms with Gasteiger partial charge in [0.1, 0.15) is 5.75 Å². The first-order chi connectivity index (χ1) is 16.1. The molecule has 33 heavy (non-hydrogen) atoms. The minimum atomic E-state index is -0.546. The number of benzene rings is 3. The maximum absolute atomic E-state index is 12.3. The third kappa shape index (κ3) is 5.23. The normalized spacial score (nSPS) is 11.3. The van der Waals surface area contributed by atoms with E-state index < -0.39 is 5.91 Å². The highest BCUT2D eigenvalue weighted by Crippen LogP contribution is 2.39. The highest BCUT2D eigenvalue weighted by molar-refractivity contribution is 6.31. The Bertz CT molecular complexity index is 1300. The quantitative estimate of drug-likeness (QED) is 0.297. The number of rotatable bonds is 8. The largest absolute Gasteiger partial charge is 0.493 e. The second-order valence-electron chi connectivity index (χ2n) is 7.64. The molecular formula is C26H24ClN3O3. The van der Waals surface area contributed by atoms with E-state index in [-0.39, 0.29) is 18.2 Å². The smallest absolute Gasteiger partial charge is 0.302 e. The van der Waals surface area contributed by atoms with Crippen LogP contribution in [-0.4, -0.2) is 22.2 Å². The predicted molar refractivity (Wildman–Crippen MR) is 130 cm³/mol. The van der Waals surface area contributed by atoms with Gasteiger partial charge in [-0.05, 0) is 41.8 Å². The number of para-hydroxylation sites is 1. The molecule has 168 valence electrons. The van der Waals surface area contributed by atoms with Crippen LogP contribution in [0.15, 0.2) is 83.0 Å². The fraction of sp³-hybridized carbons (Fsp3) is 0.192. The van der Waals surface area contributed by atoms with Gasteiger partial charge in [0, 0.05) is 10.4 Å². The molecule has 1 N–H and O–H groups in total. The van der Waals surface area contributed by atoms with Crippen LogP contribution in [0.25, 0.3) is 10.9 Å². The van der Waals surface area contributed by atoms with Gasteiger partial charge in [-0.25, -0.2) is 0 Å². The van der Waals surface area contributed by atoms with Crippen LogP contribution in [0.2, 0.25) is 5.02 Å². The molecule has 0 aliphatic carbocycles. The number of fused-ring (bicyclic) bond motifs is 1. The number of halogens is 1. The molecule has 0 bridgehead atoms. The fourth-order valence-corrected chi connectivity index (χ4v) is 3.84. The van der Waals surface area contributed by atoms with Crippen molar-refractivity contribution in [1.82, 2.24) is 4.57 Å². The number of aryl methyl sites for hydroxylation is 1. The van der Waals surface area contributed by atoms with E-state index in [1.165, 1.54) is 5.56 Å². The van der Waals surface area contributed by atoms with Crippen LogP contribution in [0.3, 0.4) is 0 Å². The van der Waals surface area contributed by atoms with Gasteiger partial charge in [0.2, 0.25) is 5.88 Å². The zero-order chi connectivity index (χ0) is 23.2. The lowest BCUT2D eigenvalue weighted by molar-refractivity contribution is -0.120. The summed E-state index contributed by atoms with van der Waals surface area (Å²) >= 11 is 6.30. The Morgan fingerprint density at radius 1 is 1.03 bits per heavy atom. The zero-order valence-electron chi connectivity index (χ0n) is 18.2. The van der Waals surface area contributed by atoms with E-state index in [0.29, 0.717) is 22.7 Å². The second kappa shape index (κ2) is 10.3. The number of carbonyl (C=O) groups excluding carboxylic acids is 1. The first-order valence-corrected chi connectivity index (χ1v) is 11.1. The van der Waals surface area contributed by atoms with Crippen LogP contribution >= 0.6 is 11.6 Å². The number of aromatic hydroxyl groups is 1. The molecule has 7 heteroatoms. The third-order valence-electron chi connectivity index (χ3n) is 5.29. The Labute approximate surface area is 197 Å². The standard InChI is InChI=1S/C26H24ClN3O3/c1-2-7-18-12-14-20(15-13-18)33-17-24(31)28-29-25-21-9-4-6-11-23(21)30(26(25)32)16-19-8-3-5-10-22(19)27/h3-6,8-15,32H,2,7,16-17H2,1H3. The fourth-order valence-electron chi connectivity index (χ4n) is 3.65. The van der Waals surface area contributed by atoms with E-state index in [4.69, 9.17) is 16.3 Å². The maximum Gasteiger partial charge on any atom is 0.302 e. The van der Waals surface area contributed by atoms with Crippen molar-refractivity contribution in [3.63, 3.8) is 0 Å². The number of hydrogen-bond acceptors (Lipinski definition) is 4. The summed E-state index contributed by atoms with van der Waals surface area (Å²) in [5.74, 6) is -0.0346. The van der Waals surface area contributed by atoms with Crippen molar-refractivity contribution in [3.05, 3.63) is 88.9 Å². The predicted octanol–water partition coefficient (Wildman–Crippen LogP) is 6.69. The molecule has 0 spiro atoms. The van der Waals surface area contributed by atoms with Crippen LogP contribution < -0.4 is 4.74 Å². The van der Waals surface area contributed by atoms with Crippen molar-refractivity contribution in [2.45, 2.75) is 26.3 Å². The van der Waals surface area contributed by atoms with Crippen molar-refractivity contribution in [2.75, 3.05) is 6.61 Å². The number of nitrogens with zero attached hydrogens (tertiary/aromatic N) is 3. The van der Waals surface area contributed by atoms with Gasteiger partial charge in [-0.1, -0.05) is 73.5 Å². The summed E-state index contributed by atoms with van der Waals surface area (Å²) in [6.07, 6.45) is 2.07. The van der Waals surface area contributed by atoms with Crippen molar-refractivity contribution >= 4 is 34.1 Å². The monoisotopic (exact) mass is 461 g/mol. The summed E-state index contributed by atoms with van der Waals surface area (Å²) in [6.45, 7) is 2.24. The molecule has 4 rings (SSSR count). The highest BCUT2D eigenvalue weighted by atomic mass is 35.5. The molecule has 4 aromatic rings. The van der Waals surface area contributed by atoms with Crippen molar-refractivity contribution < 1.29 is 14.6 Å². The lowest BCUT2D eigenvalue weighted by Crippen LogP contribution is -2.07. The van der Waals surface area contributed by atoms with Crippen molar-refractivity contribution in [3.8, 4) is 11.6 Å². The van der Waals surface area contributed by atoms with E-state index in [0.717, 1.165) is 23.9 Å². The number of amides is 1. The van der Waals surface area contributed by atoms with Crippen LogP contribution in [0, 0.1) is 0 Å². The minimum absolute atomic E-state index is 0.0832. The number of azo groups is 1. The maximum atomic E-state index is 12.3. The Hall–Kier alpha value is -3.64. The molecule has 0 saturated heterocycles. The number of hydrogen-bond donors (Lipinski definition) is 1. The van der Waals surface area contributed by atoms with Crippen LogP contribution in [0.5, 0.6) is 11.6 Å². The highest BCUT2D eigenvalue weighted by Gasteiger charge is 2.17. The molecule has 6 nitrogen and oxygen atoms in total. The lowest BCUT2D eigenvalue weighted by Gasteiger charge is -2.08. The van der Waals surface area contributed by atoms with Crippen molar-refractivity contribution in [1.29, 1.82) is 0 Å². The summed E-state index contributed by atoms with van der Waals surface area (Å²) in [7, 11) is 0. The van der Waals surface area contributed by atoms with E-state index in [1.54, 1.807) is 10.6 Å². The van der Waals surface area contributed by atoms with E-state index in [2.05, 4.69) is 17.2 Å². The number of ether oxygens (including phenoxy) is 1. The average Bonchev–Trinajstić information content (AvgIpc) is 3.09. The number of carbonyl (C=O) groups is 1. The summed E-state index contributed by atoms with van der Waals surface area (Å²) in [5.41, 5.74) is 3.07. The molecule has 0 unspecified atom stereocenters. The van der Waals surface area contributed by atoms with Gasteiger partial charge < -0.3 is 14.4 Å². The topological polar surface area (TPSA) is 76.2 Å². The molecule has 0 aliphatic heterocycles. The van der Waals surface area contributed by atoms with E-state index in [9.17, 15) is 9.90 Å². The van der Waals surface area contributed by atoms with Gasteiger partial charge in [-0.15, -0.1) is 10.2 Å². The van der Waals surface area contributed by atoms with Crippen LogP contribution in [0.1, 0.15) is 24.5 Å². The summed E-state index contributed by atoms with van der Waals surface area (Å²) < 4.78 is 7.22. The van der Waals surface area contributed by atoms with Crippen LogP contribution in [-0.2, 0) is 17.8 Å². The Morgan fingerprint density at radius 2 is 1.76 bits per heavy atom. The SMILES string of the molecule is CCCc1ccc(OCC(=O)N=Nc2c(O)n(Cc3ccccc3Cl)c3ccccc23)cc1. The third-order valence-corrected chi connectivity index (χ3v) is 5.66. The molecule has 0 saturated carbocycles. The first kappa shape index (κ1) is 22.6. The molecule has 1 aromatic heterocycles. The molecule has 1 amide bonds. The summed E-state index contributed by atoms with van der Waals surface area (Å²) in [6, 6.07) is 22.5. The Balaban J connectivity index is 1.51. The minimum Gasteiger partial charge on any atom is -0.493 e. The molecule has 3 aromatic carbocycles. The lowest BCUT2D eigenvalue weighted by atomic mass is 10.1. The molecule has 0 aliphatic rings. The summed E-state index contributed by atoms with van der Waals surface area (Å²) in [4.78, 5) is 12.3. The molecule has 1 heterocycles. The molecular weight excluding hydrogens is 438 g/mol. The Morgan fingerprint density at radius 3 is 2.52 bits per heavy atom. The second-order valence-corrected chi connectivity index (χ2v) is 8.05. The molecule has 0 radical (unpaired) electrons. The van der Waals surface area contributed by atoms with Gasteiger partial charge in [0.05, 0.1) is 12.1 Å². The number of aromatic nitrogens is 1. The van der Waals surface area contributed by atoms with Crippen LogP contribution in [0.4, 0.5) is 5.69 Å². The molecule has 0 atom stereocenters. The van der Waals surface area contributed by atoms with Gasteiger partial charge in [-0.3, -0.25) is 4.79 Å². The summed E-state index contributed by atoms with van der Waals surface area (Å²) in [5, 5.41) is 20.0. The van der Waals surface area contributed by atoms with E-state index >= 15 is 0 Å². The zero-order valence-corrected chi connectivity index (χ0v) is 19.0. The van der Waals surface area contributed by atoms with Crippen molar-refractivity contribution in [2.24, 2.45) is 10.2 Å². The molecule has 0 fully saturated rings. The van der Waals surface area contributed by atoms with Gasteiger partial charge in [0.15, 0.2) is 12.3 Å². The van der Waals surface area contributed by atoms with Gasteiger partial charge in [-0.2, -0.15) is 0 Å². The Kier molecular flexibility index (Phi) is 7.05. The first-order valence-electron chi connectivity index (χ1n) is 10.8. The van der Waals surface area contributed by atoms with E-state index in [1.807, 2.05) is 66.7 Å². The van der Waals surface area contributed by atoms with Gasteiger partial charge in [0.25, 0.3) is 0 Å².